The van der Waals surface area contributed by atoms with Crippen molar-refractivity contribution in [1.82, 2.24) is 4.90 Å². The number of hydrogen-bond donors (Lipinski definition) is 1. The predicted molar refractivity (Wildman–Crippen MR) is 81.8 cm³/mol. The maximum atomic E-state index is 9.58. The van der Waals surface area contributed by atoms with E-state index in [-0.39, 0.29) is 0 Å². The Bertz CT molecular complexity index is 544. The molecule has 0 bridgehead atoms. The first-order valence-electron chi connectivity index (χ1n) is 7.36. The van der Waals surface area contributed by atoms with Gasteiger partial charge in [0.2, 0.25) is 0 Å². The van der Waals surface area contributed by atoms with Gasteiger partial charge in [-0.05, 0) is 55.1 Å². The number of phenols is 1. The van der Waals surface area contributed by atoms with Gasteiger partial charge in [-0.1, -0.05) is 42.5 Å². The van der Waals surface area contributed by atoms with Crippen LogP contribution in [0.1, 0.15) is 29.9 Å². The first kappa shape index (κ1) is 13.2. The SMILES string of the molecule is Oc1cccc(C2CCN(Cc3ccccc3)CC2)c1. The van der Waals surface area contributed by atoms with Gasteiger partial charge in [0.05, 0.1) is 0 Å². The molecule has 1 saturated heterocycles. The van der Waals surface area contributed by atoms with E-state index >= 15 is 0 Å². The van der Waals surface area contributed by atoms with Crippen molar-refractivity contribution < 1.29 is 5.11 Å². The standard InChI is InChI=1S/C18H21NO/c20-18-8-4-7-17(13-18)16-9-11-19(12-10-16)14-15-5-2-1-3-6-15/h1-8,13,16,20H,9-12,14H2. The predicted octanol–water partition coefficient (Wildman–Crippen LogP) is 3.77. The second-order valence-corrected chi connectivity index (χ2v) is 5.63. The van der Waals surface area contributed by atoms with Gasteiger partial charge in [-0.25, -0.2) is 0 Å². The van der Waals surface area contributed by atoms with Gasteiger partial charge in [-0.3, -0.25) is 4.90 Å². The molecule has 0 aliphatic carbocycles. The molecule has 0 amide bonds. The van der Waals surface area contributed by atoms with Crippen molar-refractivity contribution >= 4 is 0 Å². The molecule has 1 heterocycles. The number of piperidine rings is 1. The molecule has 0 unspecified atom stereocenters. The fourth-order valence-corrected chi connectivity index (χ4v) is 3.04. The van der Waals surface area contributed by atoms with Crippen molar-refractivity contribution in [3.63, 3.8) is 0 Å². The van der Waals surface area contributed by atoms with Gasteiger partial charge in [0, 0.05) is 6.54 Å². The number of likely N-dealkylation sites (tertiary alicyclic amines) is 1. The third kappa shape index (κ3) is 3.20. The van der Waals surface area contributed by atoms with E-state index in [4.69, 9.17) is 0 Å². The van der Waals surface area contributed by atoms with E-state index in [1.165, 1.54) is 24.0 Å². The van der Waals surface area contributed by atoms with Gasteiger partial charge < -0.3 is 5.11 Å². The largest absolute Gasteiger partial charge is 0.508 e. The van der Waals surface area contributed by atoms with E-state index in [1.54, 1.807) is 6.07 Å². The second kappa shape index (κ2) is 6.10. The van der Waals surface area contributed by atoms with Crippen molar-refractivity contribution in [2.45, 2.75) is 25.3 Å². The molecule has 0 saturated carbocycles. The minimum atomic E-state index is 0.384. The topological polar surface area (TPSA) is 23.5 Å². The van der Waals surface area contributed by atoms with Crippen LogP contribution < -0.4 is 0 Å². The monoisotopic (exact) mass is 267 g/mol. The highest BCUT2D eigenvalue weighted by Gasteiger charge is 2.20. The highest BCUT2D eigenvalue weighted by atomic mass is 16.3. The van der Waals surface area contributed by atoms with Crippen molar-refractivity contribution in [3.05, 3.63) is 65.7 Å². The van der Waals surface area contributed by atoms with Gasteiger partial charge in [0.25, 0.3) is 0 Å². The lowest BCUT2D eigenvalue weighted by atomic mass is 9.89. The zero-order valence-electron chi connectivity index (χ0n) is 11.7. The number of rotatable bonds is 3. The quantitative estimate of drug-likeness (QED) is 0.915. The van der Waals surface area contributed by atoms with Gasteiger partial charge in [0.1, 0.15) is 5.75 Å². The third-order valence-electron chi connectivity index (χ3n) is 4.18. The molecule has 2 aromatic rings. The van der Waals surface area contributed by atoms with Crippen LogP contribution in [0.4, 0.5) is 0 Å². The summed E-state index contributed by atoms with van der Waals surface area (Å²) in [6.45, 7) is 3.32. The molecule has 1 N–H and O–H groups in total. The Hall–Kier alpha value is -1.80. The Morgan fingerprint density at radius 1 is 0.950 bits per heavy atom. The molecule has 1 aliphatic heterocycles. The van der Waals surface area contributed by atoms with E-state index in [2.05, 4.69) is 41.3 Å². The maximum absolute atomic E-state index is 9.58. The maximum Gasteiger partial charge on any atom is 0.115 e. The van der Waals surface area contributed by atoms with E-state index in [1.807, 2.05) is 12.1 Å². The molecule has 0 radical (unpaired) electrons. The molecule has 3 rings (SSSR count). The summed E-state index contributed by atoms with van der Waals surface area (Å²) in [5, 5.41) is 9.58. The van der Waals surface area contributed by atoms with Crippen LogP contribution in [-0.2, 0) is 6.54 Å². The Morgan fingerprint density at radius 2 is 1.70 bits per heavy atom. The van der Waals surface area contributed by atoms with Crippen molar-refractivity contribution in [2.75, 3.05) is 13.1 Å². The van der Waals surface area contributed by atoms with Gasteiger partial charge in [0.15, 0.2) is 0 Å². The molecule has 2 heteroatoms. The van der Waals surface area contributed by atoms with Crippen LogP contribution in [0, 0.1) is 0 Å². The normalized spacial score (nSPS) is 17.2. The van der Waals surface area contributed by atoms with Crippen LogP contribution in [0.3, 0.4) is 0 Å². The first-order chi connectivity index (χ1) is 9.81. The molecule has 0 aromatic heterocycles. The Balaban J connectivity index is 1.57. The summed E-state index contributed by atoms with van der Waals surface area (Å²) in [5.74, 6) is 0.975. The molecule has 0 spiro atoms. The van der Waals surface area contributed by atoms with E-state index in [0.29, 0.717) is 11.7 Å². The van der Waals surface area contributed by atoms with Crippen molar-refractivity contribution in [1.29, 1.82) is 0 Å². The molecule has 1 fully saturated rings. The fourth-order valence-electron chi connectivity index (χ4n) is 3.04. The highest BCUT2D eigenvalue weighted by Crippen LogP contribution is 2.30. The first-order valence-corrected chi connectivity index (χ1v) is 7.36. The summed E-state index contributed by atoms with van der Waals surface area (Å²) in [5.41, 5.74) is 2.67. The van der Waals surface area contributed by atoms with Gasteiger partial charge in [-0.15, -0.1) is 0 Å². The van der Waals surface area contributed by atoms with Crippen LogP contribution in [0.25, 0.3) is 0 Å². The van der Waals surface area contributed by atoms with E-state index in [9.17, 15) is 5.11 Å². The molecule has 20 heavy (non-hydrogen) atoms. The lowest BCUT2D eigenvalue weighted by molar-refractivity contribution is 0.204. The summed E-state index contributed by atoms with van der Waals surface area (Å²) in [6.07, 6.45) is 2.35. The average Bonchev–Trinajstić information content (AvgIpc) is 2.49. The van der Waals surface area contributed by atoms with Crippen LogP contribution >= 0.6 is 0 Å². The zero-order chi connectivity index (χ0) is 13.8. The molecule has 2 aromatic carbocycles. The second-order valence-electron chi connectivity index (χ2n) is 5.63. The van der Waals surface area contributed by atoms with Crippen molar-refractivity contribution in [2.24, 2.45) is 0 Å². The number of hydrogen-bond acceptors (Lipinski definition) is 2. The molecular weight excluding hydrogens is 246 g/mol. The average molecular weight is 267 g/mol. The summed E-state index contributed by atoms with van der Waals surface area (Å²) >= 11 is 0. The summed E-state index contributed by atoms with van der Waals surface area (Å²) < 4.78 is 0. The molecular formula is C18H21NO. The van der Waals surface area contributed by atoms with Crippen LogP contribution in [0.15, 0.2) is 54.6 Å². The number of benzene rings is 2. The minimum Gasteiger partial charge on any atom is -0.508 e. The van der Waals surface area contributed by atoms with Gasteiger partial charge >= 0.3 is 0 Å². The van der Waals surface area contributed by atoms with Crippen LogP contribution in [0.2, 0.25) is 0 Å². The number of nitrogens with zero attached hydrogens (tertiary/aromatic N) is 1. The van der Waals surface area contributed by atoms with Crippen LogP contribution in [0.5, 0.6) is 5.75 Å². The Morgan fingerprint density at radius 3 is 2.40 bits per heavy atom. The van der Waals surface area contributed by atoms with E-state index in [0.717, 1.165) is 19.6 Å². The third-order valence-corrected chi connectivity index (χ3v) is 4.18. The molecule has 0 atom stereocenters. The number of phenolic OH excluding ortho intramolecular Hbond substituents is 1. The summed E-state index contributed by atoms with van der Waals surface area (Å²) in [4.78, 5) is 2.52. The zero-order valence-corrected chi connectivity index (χ0v) is 11.7. The van der Waals surface area contributed by atoms with Crippen molar-refractivity contribution in [3.8, 4) is 5.75 Å². The Kier molecular flexibility index (Phi) is 4.03. The molecule has 2 nitrogen and oxygen atoms in total. The van der Waals surface area contributed by atoms with E-state index < -0.39 is 0 Å². The summed E-state index contributed by atoms with van der Waals surface area (Å²) in [6, 6.07) is 18.4. The Labute approximate surface area is 120 Å². The highest BCUT2D eigenvalue weighted by molar-refractivity contribution is 5.30. The smallest absolute Gasteiger partial charge is 0.115 e. The molecule has 104 valence electrons. The summed E-state index contributed by atoms with van der Waals surface area (Å²) in [7, 11) is 0. The number of aromatic hydroxyl groups is 1. The lowest BCUT2D eigenvalue weighted by Crippen LogP contribution is -2.32. The van der Waals surface area contributed by atoms with Gasteiger partial charge in [-0.2, -0.15) is 0 Å². The lowest BCUT2D eigenvalue weighted by Gasteiger charge is -2.32. The fraction of sp³-hybridized carbons (Fsp3) is 0.333. The minimum absolute atomic E-state index is 0.384. The van der Waals surface area contributed by atoms with Crippen LogP contribution in [-0.4, -0.2) is 23.1 Å². The molecule has 1 aliphatic rings.